The van der Waals surface area contributed by atoms with Crippen LogP contribution in [0.1, 0.15) is 0 Å². The lowest BCUT2D eigenvalue weighted by molar-refractivity contribution is 0.610. The van der Waals surface area contributed by atoms with Gasteiger partial charge in [-0.3, -0.25) is 0 Å². The van der Waals surface area contributed by atoms with E-state index in [0.717, 1.165) is 6.26 Å². The smallest absolute Gasteiger partial charge is 0.168 e. The second-order valence-corrected chi connectivity index (χ2v) is 3.93. The fourth-order valence-corrected chi connectivity index (χ4v) is 1.09. The Balaban J connectivity index is 3.92. The van der Waals surface area contributed by atoms with Gasteiger partial charge in [0.15, 0.2) is 9.84 Å². The molecule has 0 aromatic rings. The second kappa shape index (κ2) is 3.25. The van der Waals surface area contributed by atoms with Gasteiger partial charge in [-0.05, 0) is 0 Å². The van der Waals surface area contributed by atoms with Crippen molar-refractivity contribution in [3.05, 3.63) is 11.5 Å². The van der Waals surface area contributed by atoms with Gasteiger partial charge in [-0.2, -0.15) is 0 Å². The van der Waals surface area contributed by atoms with Crippen LogP contribution in [0.5, 0.6) is 0 Å². The lowest BCUT2D eigenvalue weighted by Gasteiger charge is -1.79. The number of sulfone groups is 1. The van der Waals surface area contributed by atoms with E-state index in [4.69, 9.17) is 0 Å². The largest absolute Gasteiger partial charge is 0.225 e. The monoisotopic (exact) mass is 198 g/mol. The summed E-state index contributed by atoms with van der Waals surface area (Å²) < 4.78 is 20.6. The van der Waals surface area contributed by atoms with Crippen LogP contribution in [0.3, 0.4) is 0 Å². The minimum atomic E-state index is -2.90. The van der Waals surface area contributed by atoms with Crippen LogP contribution in [-0.2, 0) is 9.84 Å². The molecule has 8 heavy (non-hydrogen) atoms. The first-order valence-electron chi connectivity index (χ1n) is 1.99. The highest BCUT2D eigenvalue weighted by molar-refractivity contribution is 9.09. The van der Waals surface area contributed by atoms with E-state index < -0.39 is 9.84 Å². The van der Waals surface area contributed by atoms with Gasteiger partial charge in [0.1, 0.15) is 0 Å². The van der Waals surface area contributed by atoms with Crippen LogP contribution in [0.15, 0.2) is 11.5 Å². The number of alkyl halides is 1. The normalized spacial score (nSPS) is 12.8. The molecule has 48 valence electrons. The van der Waals surface area contributed by atoms with Crippen molar-refractivity contribution in [2.45, 2.75) is 0 Å². The van der Waals surface area contributed by atoms with Gasteiger partial charge in [0.05, 0.1) is 0 Å². The highest BCUT2D eigenvalue weighted by Crippen LogP contribution is 1.87. The molecule has 0 aliphatic carbocycles. The summed E-state index contributed by atoms with van der Waals surface area (Å²) in [6.45, 7) is 0. The van der Waals surface area contributed by atoms with Gasteiger partial charge in [0.25, 0.3) is 0 Å². The van der Waals surface area contributed by atoms with Crippen LogP contribution < -0.4 is 0 Å². The van der Waals surface area contributed by atoms with E-state index in [2.05, 4.69) is 15.9 Å². The molecule has 0 bridgehead atoms. The fourth-order valence-electron chi connectivity index (χ4n) is 0.211. The summed E-state index contributed by atoms with van der Waals surface area (Å²) in [5, 5.41) is 1.75. The molecule has 0 aromatic carbocycles. The summed E-state index contributed by atoms with van der Waals surface area (Å²) in [6, 6.07) is 0. The molecular formula is C4H7BrO2S. The molecule has 0 rings (SSSR count). The Labute approximate surface area is 57.6 Å². The SMILES string of the molecule is CS(=O)(=O)C=CCBr. The van der Waals surface area contributed by atoms with Crippen LogP contribution in [0.4, 0.5) is 0 Å². The molecule has 0 saturated heterocycles. The summed E-state index contributed by atoms with van der Waals surface area (Å²) in [5.41, 5.74) is 0. The summed E-state index contributed by atoms with van der Waals surface area (Å²) in [5.74, 6) is 0. The van der Waals surface area contributed by atoms with Crippen molar-refractivity contribution in [2.75, 3.05) is 11.6 Å². The predicted molar refractivity (Wildman–Crippen MR) is 37.8 cm³/mol. The standard InChI is InChI=1S/C4H7BrO2S/c1-8(6,7)4-2-3-5/h2,4H,3H2,1H3. The van der Waals surface area contributed by atoms with Gasteiger partial charge < -0.3 is 0 Å². The van der Waals surface area contributed by atoms with Crippen molar-refractivity contribution < 1.29 is 8.42 Å². The Hall–Kier alpha value is 0.170. The van der Waals surface area contributed by atoms with Crippen LogP contribution in [0.25, 0.3) is 0 Å². The van der Waals surface area contributed by atoms with Crippen molar-refractivity contribution in [1.82, 2.24) is 0 Å². The first kappa shape index (κ1) is 8.17. The van der Waals surface area contributed by atoms with E-state index >= 15 is 0 Å². The third-order valence-corrected chi connectivity index (χ3v) is 1.49. The quantitative estimate of drug-likeness (QED) is 0.620. The molecule has 0 N–H and O–H groups in total. The molecule has 0 aromatic heterocycles. The lowest BCUT2D eigenvalue weighted by atomic mass is 10.8. The molecule has 0 radical (unpaired) electrons. The summed E-state index contributed by atoms with van der Waals surface area (Å²) >= 11 is 3.05. The molecule has 0 atom stereocenters. The molecule has 0 heterocycles. The third kappa shape index (κ3) is 6.17. The van der Waals surface area contributed by atoms with Crippen LogP contribution in [0.2, 0.25) is 0 Å². The van der Waals surface area contributed by atoms with Crippen molar-refractivity contribution >= 4 is 25.8 Å². The Kier molecular flexibility index (Phi) is 3.31. The second-order valence-electron chi connectivity index (χ2n) is 1.36. The van der Waals surface area contributed by atoms with Crippen molar-refractivity contribution in [2.24, 2.45) is 0 Å². The fraction of sp³-hybridized carbons (Fsp3) is 0.500. The molecule has 0 fully saturated rings. The maximum atomic E-state index is 10.3. The summed E-state index contributed by atoms with van der Waals surface area (Å²) in [4.78, 5) is 0. The maximum absolute atomic E-state index is 10.3. The van der Waals surface area contributed by atoms with Crippen molar-refractivity contribution in [1.29, 1.82) is 0 Å². The molecule has 0 saturated carbocycles. The van der Waals surface area contributed by atoms with Crippen molar-refractivity contribution in [3.63, 3.8) is 0 Å². The van der Waals surface area contributed by atoms with Gasteiger partial charge in [-0.25, -0.2) is 8.42 Å². The molecule has 0 spiro atoms. The van der Waals surface area contributed by atoms with E-state index in [0.29, 0.717) is 5.33 Å². The molecule has 0 amide bonds. The highest BCUT2D eigenvalue weighted by atomic mass is 79.9. The van der Waals surface area contributed by atoms with E-state index in [1.165, 1.54) is 11.5 Å². The third-order valence-electron chi connectivity index (χ3n) is 0.433. The minimum absolute atomic E-state index is 0.583. The lowest BCUT2D eigenvalue weighted by Crippen LogP contribution is -1.87. The van der Waals surface area contributed by atoms with Gasteiger partial charge in [-0.15, -0.1) is 0 Å². The van der Waals surface area contributed by atoms with Gasteiger partial charge in [-0.1, -0.05) is 22.0 Å². The summed E-state index contributed by atoms with van der Waals surface area (Å²) in [7, 11) is -2.90. The van der Waals surface area contributed by atoms with E-state index in [-0.39, 0.29) is 0 Å². The molecule has 2 nitrogen and oxygen atoms in total. The number of hydrogen-bond donors (Lipinski definition) is 0. The number of halogens is 1. The zero-order valence-electron chi connectivity index (χ0n) is 4.46. The van der Waals surface area contributed by atoms with E-state index in [1.54, 1.807) is 0 Å². The highest BCUT2D eigenvalue weighted by Gasteiger charge is 1.88. The average Bonchev–Trinajstić information content (AvgIpc) is 1.59. The molecule has 0 unspecified atom stereocenters. The van der Waals surface area contributed by atoms with Gasteiger partial charge in [0.2, 0.25) is 0 Å². The Morgan fingerprint density at radius 2 is 2.12 bits per heavy atom. The zero-order chi connectivity index (χ0) is 6.62. The van der Waals surface area contributed by atoms with Crippen LogP contribution in [-0.4, -0.2) is 20.0 Å². The summed E-state index contributed by atoms with van der Waals surface area (Å²) in [6.07, 6.45) is 2.70. The van der Waals surface area contributed by atoms with Crippen molar-refractivity contribution in [3.8, 4) is 0 Å². The minimum Gasteiger partial charge on any atom is -0.225 e. The van der Waals surface area contributed by atoms with E-state index in [1.807, 2.05) is 0 Å². The van der Waals surface area contributed by atoms with Crippen LogP contribution in [0, 0.1) is 0 Å². The molecular weight excluding hydrogens is 192 g/mol. The van der Waals surface area contributed by atoms with Crippen LogP contribution >= 0.6 is 15.9 Å². The van der Waals surface area contributed by atoms with E-state index in [9.17, 15) is 8.42 Å². The Morgan fingerprint density at radius 1 is 1.62 bits per heavy atom. The first-order valence-corrected chi connectivity index (χ1v) is 5.06. The molecule has 0 aliphatic rings. The van der Waals surface area contributed by atoms with Gasteiger partial charge in [0, 0.05) is 17.0 Å². The Morgan fingerprint density at radius 3 is 2.25 bits per heavy atom. The number of allylic oxidation sites excluding steroid dienone is 1. The number of rotatable bonds is 2. The predicted octanol–water partition coefficient (Wildman–Crippen LogP) is 0.940. The average molecular weight is 199 g/mol. The molecule has 4 heteroatoms. The molecule has 0 aliphatic heterocycles. The van der Waals surface area contributed by atoms with Gasteiger partial charge >= 0.3 is 0 Å². The Bertz CT molecular complexity index is 168. The topological polar surface area (TPSA) is 34.1 Å². The zero-order valence-corrected chi connectivity index (χ0v) is 6.87. The first-order chi connectivity index (χ1) is 3.56. The number of hydrogen-bond acceptors (Lipinski definition) is 2. The maximum Gasteiger partial charge on any atom is 0.168 e.